The Labute approximate surface area is 127 Å². The van der Waals surface area contributed by atoms with Gasteiger partial charge in [0.15, 0.2) is 0 Å². The summed E-state index contributed by atoms with van der Waals surface area (Å²) in [4.78, 5) is 12.8. The second-order valence-corrected chi connectivity index (χ2v) is 6.25. The Balaban J connectivity index is 2.26. The topological polar surface area (TPSA) is 61.5 Å². The van der Waals surface area contributed by atoms with Crippen LogP contribution >= 0.6 is 23.4 Å². The number of carbonyl (C=O) groups is 1. The lowest BCUT2D eigenvalue weighted by Gasteiger charge is -2.23. The van der Waals surface area contributed by atoms with Gasteiger partial charge in [0.05, 0.1) is 17.2 Å². The van der Waals surface area contributed by atoms with E-state index in [1.165, 1.54) is 0 Å². The van der Waals surface area contributed by atoms with Crippen molar-refractivity contribution in [2.24, 2.45) is 0 Å². The molecule has 1 heterocycles. The standard InChI is InChI=1S/C14H18ClNO3S/c1-2-19-14(17)11-7-9(16)8-12(15)13(11)20-10-3-5-18-6-4-10/h7-8,10H,2-6,16H2,1H3. The number of anilines is 1. The van der Waals surface area contributed by atoms with Crippen molar-refractivity contribution in [2.75, 3.05) is 25.6 Å². The molecule has 0 atom stereocenters. The average molecular weight is 316 g/mol. The van der Waals surface area contributed by atoms with Crippen LogP contribution in [-0.2, 0) is 9.47 Å². The monoisotopic (exact) mass is 315 g/mol. The Hall–Kier alpha value is -0.910. The van der Waals surface area contributed by atoms with Gasteiger partial charge >= 0.3 is 5.97 Å². The van der Waals surface area contributed by atoms with Gasteiger partial charge in [-0.2, -0.15) is 0 Å². The Bertz CT molecular complexity index is 490. The summed E-state index contributed by atoms with van der Waals surface area (Å²) in [5, 5.41) is 0.905. The van der Waals surface area contributed by atoms with Gasteiger partial charge in [0.2, 0.25) is 0 Å². The molecular formula is C14H18ClNO3S. The lowest BCUT2D eigenvalue weighted by Crippen LogP contribution is -2.18. The number of rotatable bonds is 4. The van der Waals surface area contributed by atoms with Crippen molar-refractivity contribution in [1.82, 2.24) is 0 Å². The summed E-state index contributed by atoms with van der Waals surface area (Å²) in [5.74, 6) is -0.378. The molecule has 20 heavy (non-hydrogen) atoms. The number of nitrogens with two attached hydrogens (primary N) is 1. The molecule has 2 N–H and O–H groups in total. The summed E-state index contributed by atoms with van der Waals surface area (Å²) in [7, 11) is 0. The minimum Gasteiger partial charge on any atom is -0.462 e. The van der Waals surface area contributed by atoms with Gasteiger partial charge in [-0.25, -0.2) is 4.79 Å². The predicted molar refractivity (Wildman–Crippen MR) is 81.5 cm³/mol. The Morgan fingerprint density at radius 2 is 2.20 bits per heavy atom. The number of nitrogen functional groups attached to an aromatic ring is 1. The quantitative estimate of drug-likeness (QED) is 0.682. The Morgan fingerprint density at radius 1 is 1.50 bits per heavy atom. The SMILES string of the molecule is CCOC(=O)c1cc(N)cc(Cl)c1SC1CCOCC1. The van der Waals surface area contributed by atoms with Gasteiger partial charge in [-0.15, -0.1) is 11.8 Å². The van der Waals surface area contributed by atoms with Crippen LogP contribution in [0, 0.1) is 0 Å². The molecular weight excluding hydrogens is 298 g/mol. The summed E-state index contributed by atoms with van der Waals surface area (Å²) in [6, 6.07) is 3.30. The average Bonchev–Trinajstić information content (AvgIpc) is 2.43. The van der Waals surface area contributed by atoms with Gasteiger partial charge in [-0.1, -0.05) is 11.6 Å². The first-order valence-corrected chi connectivity index (χ1v) is 7.88. The smallest absolute Gasteiger partial charge is 0.339 e. The molecule has 2 rings (SSSR count). The van der Waals surface area contributed by atoms with Crippen LogP contribution in [0.5, 0.6) is 0 Å². The molecule has 110 valence electrons. The maximum absolute atomic E-state index is 12.0. The van der Waals surface area contributed by atoms with E-state index in [1.54, 1.807) is 30.8 Å². The van der Waals surface area contributed by atoms with E-state index in [1.807, 2.05) is 0 Å². The number of hydrogen-bond acceptors (Lipinski definition) is 5. The Morgan fingerprint density at radius 3 is 2.85 bits per heavy atom. The van der Waals surface area contributed by atoms with E-state index >= 15 is 0 Å². The fourth-order valence-electron chi connectivity index (χ4n) is 2.06. The van der Waals surface area contributed by atoms with Gasteiger partial charge in [-0.3, -0.25) is 0 Å². The van der Waals surface area contributed by atoms with E-state index in [0.717, 1.165) is 31.0 Å². The van der Waals surface area contributed by atoms with Gasteiger partial charge in [0, 0.05) is 29.0 Å². The first-order valence-electron chi connectivity index (χ1n) is 6.62. The zero-order chi connectivity index (χ0) is 14.5. The van der Waals surface area contributed by atoms with Crippen LogP contribution in [0.2, 0.25) is 5.02 Å². The summed E-state index contributed by atoms with van der Waals surface area (Å²) < 4.78 is 10.4. The first-order chi connectivity index (χ1) is 9.61. The third kappa shape index (κ3) is 3.81. The molecule has 1 fully saturated rings. The number of esters is 1. The fourth-order valence-corrected chi connectivity index (χ4v) is 3.62. The minimum absolute atomic E-state index is 0.326. The molecule has 0 aromatic heterocycles. The highest BCUT2D eigenvalue weighted by molar-refractivity contribution is 8.00. The van der Waals surface area contributed by atoms with Crippen molar-refractivity contribution >= 4 is 35.0 Å². The van der Waals surface area contributed by atoms with E-state index in [2.05, 4.69) is 0 Å². The third-order valence-electron chi connectivity index (χ3n) is 3.01. The van der Waals surface area contributed by atoms with Crippen LogP contribution in [0.25, 0.3) is 0 Å². The van der Waals surface area contributed by atoms with E-state index in [9.17, 15) is 4.79 Å². The van der Waals surface area contributed by atoms with Crippen LogP contribution in [0.3, 0.4) is 0 Å². The number of benzene rings is 1. The molecule has 0 aliphatic carbocycles. The summed E-state index contributed by atoms with van der Waals surface area (Å²) in [6.07, 6.45) is 1.90. The van der Waals surface area contributed by atoms with Crippen LogP contribution < -0.4 is 5.73 Å². The molecule has 0 spiro atoms. The molecule has 0 saturated carbocycles. The van der Waals surface area contributed by atoms with E-state index in [-0.39, 0.29) is 5.97 Å². The number of ether oxygens (including phenoxy) is 2. The van der Waals surface area contributed by atoms with E-state index in [4.69, 9.17) is 26.8 Å². The molecule has 1 saturated heterocycles. The number of hydrogen-bond donors (Lipinski definition) is 1. The molecule has 0 unspecified atom stereocenters. The summed E-state index contributed by atoms with van der Waals surface area (Å²) >= 11 is 7.87. The van der Waals surface area contributed by atoms with Gasteiger partial charge in [0.25, 0.3) is 0 Å². The highest BCUT2D eigenvalue weighted by atomic mass is 35.5. The largest absolute Gasteiger partial charge is 0.462 e. The maximum atomic E-state index is 12.0. The van der Waals surface area contributed by atoms with Gasteiger partial charge in [-0.05, 0) is 31.9 Å². The van der Waals surface area contributed by atoms with Crippen LogP contribution in [0.1, 0.15) is 30.1 Å². The Kier molecular flexibility index (Phi) is 5.57. The normalized spacial score (nSPS) is 16.1. The van der Waals surface area contributed by atoms with E-state index < -0.39 is 0 Å². The number of carbonyl (C=O) groups excluding carboxylic acids is 1. The van der Waals surface area contributed by atoms with Crippen molar-refractivity contribution in [2.45, 2.75) is 29.9 Å². The van der Waals surface area contributed by atoms with Crippen LogP contribution in [-0.4, -0.2) is 31.0 Å². The molecule has 0 amide bonds. The molecule has 0 bridgehead atoms. The predicted octanol–water partition coefficient (Wildman–Crippen LogP) is 3.37. The number of halogens is 1. The maximum Gasteiger partial charge on any atom is 0.339 e. The molecule has 6 heteroatoms. The third-order valence-corrected chi connectivity index (χ3v) is 4.90. The van der Waals surface area contributed by atoms with Crippen molar-refractivity contribution < 1.29 is 14.3 Å². The summed E-state index contributed by atoms with van der Waals surface area (Å²) in [6.45, 7) is 3.60. The highest BCUT2D eigenvalue weighted by Crippen LogP contribution is 2.38. The second kappa shape index (κ2) is 7.20. The second-order valence-electron chi connectivity index (χ2n) is 4.53. The molecule has 1 aliphatic heterocycles. The summed E-state index contributed by atoms with van der Waals surface area (Å²) in [5.41, 5.74) is 6.69. The molecule has 1 aromatic carbocycles. The molecule has 1 aromatic rings. The van der Waals surface area contributed by atoms with Crippen molar-refractivity contribution in [3.8, 4) is 0 Å². The fraction of sp³-hybridized carbons (Fsp3) is 0.500. The van der Waals surface area contributed by atoms with Crippen molar-refractivity contribution in [1.29, 1.82) is 0 Å². The highest BCUT2D eigenvalue weighted by Gasteiger charge is 2.22. The van der Waals surface area contributed by atoms with Crippen molar-refractivity contribution in [3.63, 3.8) is 0 Å². The van der Waals surface area contributed by atoms with Crippen molar-refractivity contribution in [3.05, 3.63) is 22.7 Å². The van der Waals surface area contributed by atoms with E-state index in [0.29, 0.717) is 28.1 Å². The molecule has 1 aliphatic rings. The van der Waals surface area contributed by atoms with Gasteiger partial charge < -0.3 is 15.2 Å². The lowest BCUT2D eigenvalue weighted by atomic mass is 10.2. The zero-order valence-electron chi connectivity index (χ0n) is 11.4. The molecule has 4 nitrogen and oxygen atoms in total. The van der Waals surface area contributed by atoms with Gasteiger partial charge in [0.1, 0.15) is 0 Å². The minimum atomic E-state index is -0.378. The van der Waals surface area contributed by atoms with Crippen LogP contribution in [0.15, 0.2) is 17.0 Å². The molecule has 0 radical (unpaired) electrons. The first kappa shape index (κ1) is 15.5. The lowest BCUT2D eigenvalue weighted by molar-refractivity contribution is 0.0522. The zero-order valence-corrected chi connectivity index (χ0v) is 12.9. The number of thioether (sulfide) groups is 1. The van der Waals surface area contributed by atoms with Crippen LogP contribution in [0.4, 0.5) is 5.69 Å².